The van der Waals surface area contributed by atoms with Crippen molar-refractivity contribution in [3.8, 4) is 11.8 Å². The van der Waals surface area contributed by atoms with Crippen molar-refractivity contribution >= 4 is 22.8 Å². The third-order valence-corrected chi connectivity index (χ3v) is 3.48. The van der Waals surface area contributed by atoms with Gasteiger partial charge in [0.05, 0.1) is 11.7 Å². The first kappa shape index (κ1) is 16.4. The van der Waals surface area contributed by atoms with Gasteiger partial charge in [0.15, 0.2) is 5.82 Å². The van der Waals surface area contributed by atoms with Crippen LogP contribution in [0.1, 0.15) is 17.8 Å². The van der Waals surface area contributed by atoms with Crippen LogP contribution in [0.3, 0.4) is 0 Å². The third kappa shape index (κ3) is 4.09. The molecule has 124 valence electrons. The highest BCUT2D eigenvalue weighted by molar-refractivity contribution is 5.90. The quantitative estimate of drug-likeness (QED) is 0.252. The largest absolute Gasteiger partial charge is 0.411 e. The fraction of sp³-hybridized carbons (Fsp3) is 0.105. The summed E-state index contributed by atoms with van der Waals surface area (Å²) in [6.07, 6.45) is 3.30. The summed E-state index contributed by atoms with van der Waals surface area (Å²) in [5, 5.41) is 15.7. The number of anilines is 1. The number of rotatable bonds is 4. The Balaban J connectivity index is 1.62. The van der Waals surface area contributed by atoms with Crippen LogP contribution in [0, 0.1) is 17.7 Å². The molecule has 0 aliphatic carbocycles. The van der Waals surface area contributed by atoms with Crippen molar-refractivity contribution < 1.29 is 9.60 Å². The number of nitrogens with zero attached hydrogens (tertiary/aromatic N) is 3. The minimum Gasteiger partial charge on any atom is -0.411 e. The Labute approximate surface area is 144 Å². The maximum Gasteiger partial charge on any atom is 0.150 e. The van der Waals surface area contributed by atoms with Gasteiger partial charge >= 0.3 is 0 Å². The SMILES string of the molecule is O/N=C\c1nc(C#CCCNc2ccnc3ccccc23)ccc1F. The Kier molecular flexibility index (Phi) is 5.17. The van der Waals surface area contributed by atoms with Crippen molar-refractivity contribution in [2.45, 2.75) is 6.42 Å². The van der Waals surface area contributed by atoms with Gasteiger partial charge in [-0.25, -0.2) is 9.37 Å². The van der Waals surface area contributed by atoms with Crippen LogP contribution in [0.5, 0.6) is 0 Å². The van der Waals surface area contributed by atoms with E-state index in [-0.39, 0.29) is 5.69 Å². The van der Waals surface area contributed by atoms with E-state index in [0.29, 0.717) is 18.7 Å². The Morgan fingerprint density at radius 3 is 2.96 bits per heavy atom. The molecule has 1 aromatic carbocycles. The van der Waals surface area contributed by atoms with Crippen LogP contribution in [0.25, 0.3) is 10.9 Å². The summed E-state index contributed by atoms with van der Waals surface area (Å²) in [5.41, 5.74) is 2.32. The zero-order chi connectivity index (χ0) is 17.5. The summed E-state index contributed by atoms with van der Waals surface area (Å²) < 4.78 is 13.4. The van der Waals surface area contributed by atoms with Crippen molar-refractivity contribution in [2.24, 2.45) is 5.16 Å². The van der Waals surface area contributed by atoms with Crippen molar-refractivity contribution in [3.05, 3.63) is 65.9 Å². The van der Waals surface area contributed by atoms with Gasteiger partial charge in [-0.05, 0) is 30.2 Å². The molecule has 2 heterocycles. The van der Waals surface area contributed by atoms with Crippen LogP contribution in [0.2, 0.25) is 0 Å². The van der Waals surface area contributed by atoms with Gasteiger partial charge in [-0.3, -0.25) is 4.98 Å². The number of aromatic nitrogens is 2. The van der Waals surface area contributed by atoms with Gasteiger partial charge in [0, 0.05) is 30.2 Å². The second kappa shape index (κ2) is 7.88. The molecule has 5 nitrogen and oxygen atoms in total. The monoisotopic (exact) mass is 334 g/mol. The van der Waals surface area contributed by atoms with Crippen LogP contribution < -0.4 is 5.32 Å². The molecule has 0 spiro atoms. The molecule has 25 heavy (non-hydrogen) atoms. The predicted molar refractivity (Wildman–Crippen MR) is 95.3 cm³/mol. The summed E-state index contributed by atoms with van der Waals surface area (Å²) in [6.45, 7) is 0.660. The van der Waals surface area contributed by atoms with Gasteiger partial charge in [0.25, 0.3) is 0 Å². The number of oxime groups is 1. The first-order valence-electron chi connectivity index (χ1n) is 7.68. The Morgan fingerprint density at radius 2 is 2.08 bits per heavy atom. The average molecular weight is 334 g/mol. The van der Waals surface area contributed by atoms with Crippen LogP contribution in [0.4, 0.5) is 10.1 Å². The molecule has 0 saturated heterocycles. The molecule has 0 amide bonds. The lowest BCUT2D eigenvalue weighted by atomic mass is 10.2. The number of hydrogen-bond acceptors (Lipinski definition) is 5. The molecule has 0 aliphatic heterocycles. The summed E-state index contributed by atoms with van der Waals surface area (Å²) >= 11 is 0. The first-order chi connectivity index (χ1) is 12.3. The van der Waals surface area contributed by atoms with E-state index in [4.69, 9.17) is 5.21 Å². The van der Waals surface area contributed by atoms with Crippen LogP contribution >= 0.6 is 0 Å². The number of pyridine rings is 2. The highest BCUT2D eigenvalue weighted by Crippen LogP contribution is 2.20. The normalized spacial score (nSPS) is 10.6. The van der Waals surface area contributed by atoms with E-state index in [1.54, 1.807) is 6.20 Å². The van der Waals surface area contributed by atoms with Gasteiger partial charge in [0.1, 0.15) is 11.4 Å². The van der Waals surface area contributed by atoms with Gasteiger partial charge in [-0.15, -0.1) is 0 Å². The summed E-state index contributed by atoms with van der Waals surface area (Å²) in [4.78, 5) is 8.29. The van der Waals surface area contributed by atoms with E-state index in [0.717, 1.165) is 22.8 Å². The summed E-state index contributed by atoms with van der Waals surface area (Å²) in [7, 11) is 0. The molecule has 3 rings (SSSR count). The number of hydrogen-bond donors (Lipinski definition) is 2. The van der Waals surface area contributed by atoms with Gasteiger partial charge < -0.3 is 10.5 Å². The second-order valence-electron chi connectivity index (χ2n) is 5.16. The molecular weight excluding hydrogens is 319 g/mol. The molecule has 3 aromatic rings. The Morgan fingerprint density at radius 1 is 1.20 bits per heavy atom. The van der Waals surface area contributed by atoms with E-state index in [1.165, 1.54) is 12.1 Å². The van der Waals surface area contributed by atoms with Gasteiger partial charge in [-0.1, -0.05) is 29.3 Å². The van der Waals surface area contributed by atoms with E-state index >= 15 is 0 Å². The van der Waals surface area contributed by atoms with Crippen molar-refractivity contribution in [2.75, 3.05) is 11.9 Å². The molecular formula is C19H15FN4O. The maximum atomic E-state index is 13.4. The Bertz CT molecular complexity index is 971. The zero-order valence-electron chi connectivity index (χ0n) is 13.3. The standard InChI is InChI=1S/C19H15FN4O/c20-16-9-8-14(24-19(16)13-23-25)5-3-4-11-21-18-10-12-22-17-7-2-1-6-15(17)18/h1-2,6-10,12-13,25H,4,11H2,(H,21,22)/b23-13-. The van der Waals surface area contributed by atoms with Crippen molar-refractivity contribution in [3.63, 3.8) is 0 Å². The van der Waals surface area contributed by atoms with Crippen molar-refractivity contribution in [1.29, 1.82) is 0 Å². The summed E-state index contributed by atoms with van der Waals surface area (Å²) in [5.74, 6) is 5.30. The lowest BCUT2D eigenvalue weighted by molar-refractivity contribution is 0.321. The molecule has 6 heteroatoms. The molecule has 0 fully saturated rings. The molecule has 0 aliphatic rings. The fourth-order valence-electron chi connectivity index (χ4n) is 2.34. The minimum atomic E-state index is -0.561. The predicted octanol–water partition coefficient (Wildman–Crippen LogP) is 3.43. The van der Waals surface area contributed by atoms with E-state index in [9.17, 15) is 4.39 Å². The van der Waals surface area contributed by atoms with Crippen LogP contribution in [-0.2, 0) is 0 Å². The highest BCUT2D eigenvalue weighted by atomic mass is 19.1. The zero-order valence-corrected chi connectivity index (χ0v) is 13.3. The van der Waals surface area contributed by atoms with E-state index < -0.39 is 5.82 Å². The maximum absolute atomic E-state index is 13.4. The fourth-order valence-corrected chi connectivity index (χ4v) is 2.34. The van der Waals surface area contributed by atoms with Crippen LogP contribution in [0.15, 0.2) is 53.8 Å². The topological polar surface area (TPSA) is 70.4 Å². The number of nitrogens with one attached hydrogen (secondary N) is 1. The van der Waals surface area contributed by atoms with Gasteiger partial charge in [0.2, 0.25) is 0 Å². The molecule has 2 N–H and O–H groups in total. The summed E-state index contributed by atoms with van der Waals surface area (Å²) in [6, 6.07) is 12.6. The number of benzene rings is 1. The molecule has 0 bridgehead atoms. The molecule has 0 saturated carbocycles. The number of fused-ring (bicyclic) bond motifs is 1. The molecule has 2 aromatic heterocycles. The Hall–Kier alpha value is -3.46. The van der Waals surface area contributed by atoms with Crippen LogP contribution in [-0.4, -0.2) is 27.9 Å². The lowest BCUT2D eigenvalue weighted by Gasteiger charge is -2.07. The average Bonchev–Trinajstić information content (AvgIpc) is 2.64. The minimum absolute atomic E-state index is 0.0457. The van der Waals surface area contributed by atoms with Gasteiger partial charge in [-0.2, -0.15) is 0 Å². The smallest absolute Gasteiger partial charge is 0.150 e. The number of halogens is 1. The first-order valence-corrected chi connectivity index (χ1v) is 7.68. The van der Waals surface area contributed by atoms with E-state index in [1.807, 2.05) is 30.3 Å². The second-order valence-corrected chi connectivity index (χ2v) is 5.16. The molecule has 0 atom stereocenters. The molecule has 0 radical (unpaired) electrons. The van der Waals surface area contributed by atoms with Crippen molar-refractivity contribution in [1.82, 2.24) is 9.97 Å². The highest BCUT2D eigenvalue weighted by Gasteiger charge is 2.02. The molecule has 0 unspecified atom stereocenters. The van der Waals surface area contributed by atoms with E-state index in [2.05, 4.69) is 32.3 Å². The third-order valence-electron chi connectivity index (χ3n) is 3.48. The number of para-hydroxylation sites is 1. The lowest BCUT2D eigenvalue weighted by Crippen LogP contribution is -2.01.